The molecule has 2 aromatic rings. The van der Waals surface area contributed by atoms with Crippen molar-refractivity contribution in [3.8, 4) is 0 Å². The van der Waals surface area contributed by atoms with Gasteiger partial charge in [-0.25, -0.2) is 4.98 Å². The molecule has 4 rings (SSSR count). The highest BCUT2D eigenvalue weighted by atomic mass is 32.2. The maximum Gasteiger partial charge on any atom is 0.237 e. The minimum absolute atomic E-state index is 0.00651. The van der Waals surface area contributed by atoms with E-state index in [9.17, 15) is 9.59 Å². The van der Waals surface area contributed by atoms with Crippen LogP contribution >= 0.6 is 23.1 Å². The summed E-state index contributed by atoms with van der Waals surface area (Å²) in [6, 6.07) is 5.76. The van der Waals surface area contributed by atoms with E-state index >= 15 is 0 Å². The first-order valence-electron chi connectivity index (χ1n) is 8.96. The Morgan fingerprint density at radius 1 is 1.20 bits per heavy atom. The minimum Gasteiger partial charge on any atom is -0.274 e. The minimum atomic E-state index is -0.101. The Kier molecular flexibility index (Phi) is 4.58. The summed E-state index contributed by atoms with van der Waals surface area (Å²) in [5, 5.41) is 0. The quantitative estimate of drug-likeness (QED) is 0.574. The fraction of sp³-hybridized carbons (Fsp3) is 0.526. The predicted octanol–water partition coefficient (Wildman–Crippen LogP) is 4.72. The van der Waals surface area contributed by atoms with Gasteiger partial charge in [-0.3, -0.25) is 14.5 Å². The van der Waals surface area contributed by atoms with Gasteiger partial charge >= 0.3 is 0 Å². The highest BCUT2D eigenvalue weighted by Crippen LogP contribution is 2.41. The van der Waals surface area contributed by atoms with Crippen molar-refractivity contribution in [2.24, 2.45) is 17.8 Å². The molecule has 2 aliphatic rings. The molecule has 1 aromatic carbocycles. The lowest BCUT2D eigenvalue weighted by atomic mass is 9.81. The van der Waals surface area contributed by atoms with Gasteiger partial charge in [-0.15, -0.1) is 11.3 Å². The lowest BCUT2D eigenvalue weighted by Gasteiger charge is -2.19. The van der Waals surface area contributed by atoms with Gasteiger partial charge in [0.15, 0.2) is 4.34 Å². The first-order valence-corrected chi connectivity index (χ1v) is 10.8. The number of aromatic nitrogens is 1. The van der Waals surface area contributed by atoms with E-state index in [2.05, 4.69) is 18.8 Å². The van der Waals surface area contributed by atoms with Gasteiger partial charge in [0, 0.05) is 5.75 Å². The molecular formula is C19H22N2O2S2. The number of carbonyl (C=O) groups is 2. The van der Waals surface area contributed by atoms with Crippen LogP contribution in [0.1, 0.15) is 39.5 Å². The Balaban J connectivity index is 1.63. The maximum atomic E-state index is 12.8. The van der Waals surface area contributed by atoms with E-state index in [1.807, 2.05) is 18.2 Å². The van der Waals surface area contributed by atoms with Crippen LogP contribution in [0.2, 0.25) is 0 Å². The monoisotopic (exact) mass is 374 g/mol. The maximum absolute atomic E-state index is 12.8. The van der Waals surface area contributed by atoms with Crippen LogP contribution in [0.25, 0.3) is 10.2 Å². The fourth-order valence-electron chi connectivity index (χ4n) is 3.75. The van der Waals surface area contributed by atoms with Gasteiger partial charge in [0.05, 0.1) is 27.7 Å². The van der Waals surface area contributed by atoms with E-state index in [-0.39, 0.29) is 23.7 Å². The normalized spacial score (nSPS) is 23.7. The number of fused-ring (bicyclic) bond motifs is 2. The zero-order valence-corrected chi connectivity index (χ0v) is 16.2. The van der Waals surface area contributed by atoms with E-state index in [0.29, 0.717) is 11.6 Å². The molecule has 2 fully saturated rings. The van der Waals surface area contributed by atoms with Gasteiger partial charge in [0.2, 0.25) is 11.8 Å². The molecular weight excluding hydrogens is 352 g/mol. The van der Waals surface area contributed by atoms with Gasteiger partial charge in [-0.1, -0.05) is 38.5 Å². The highest BCUT2D eigenvalue weighted by molar-refractivity contribution is 8.01. The number of anilines is 1. The van der Waals surface area contributed by atoms with Crippen molar-refractivity contribution in [1.82, 2.24) is 4.98 Å². The SMILES string of the molecule is CC(C)CSc1nc2ccc(N3C(=O)[C@H]4CCCC[C@@H]4C3=O)cc2s1. The summed E-state index contributed by atoms with van der Waals surface area (Å²) in [7, 11) is 0. The lowest BCUT2D eigenvalue weighted by Crippen LogP contribution is -2.30. The smallest absolute Gasteiger partial charge is 0.237 e. The van der Waals surface area contributed by atoms with E-state index in [1.54, 1.807) is 23.1 Å². The number of nitrogens with zero attached hydrogens (tertiary/aromatic N) is 2. The number of carbonyl (C=O) groups excluding carboxylic acids is 2. The molecule has 2 amide bonds. The van der Waals surface area contributed by atoms with Crippen molar-refractivity contribution in [3.63, 3.8) is 0 Å². The van der Waals surface area contributed by atoms with Gasteiger partial charge < -0.3 is 0 Å². The third kappa shape index (κ3) is 3.10. The number of hydrogen-bond acceptors (Lipinski definition) is 5. The Bertz CT molecular complexity index is 806. The second kappa shape index (κ2) is 6.72. The van der Waals surface area contributed by atoms with Gasteiger partial charge in [0.1, 0.15) is 0 Å². The molecule has 132 valence electrons. The van der Waals surface area contributed by atoms with Crippen LogP contribution in [0.4, 0.5) is 5.69 Å². The molecule has 1 saturated carbocycles. The third-order valence-electron chi connectivity index (χ3n) is 4.99. The predicted molar refractivity (Wildman–Crippen MR) is 103 cm³/mol. The molecule has 0 unspecified atom stereocenters. The van der Waals surface area contributed by atoms with Crippen molar-refractivity contribution in [2.45, 2.75) is 43.9 Å². The lowest BCUT2D eigenvalue weighted by molar-refractivity contribution is -0.122. The number of benzene rings is 1. The molecule has 6 heteroatoms. The first kappa shape index (κ1) is 17.0. The summed E-state index contributed by atoms with van der Waals surface area (Å²) in [6.45, 7) is 4.39. The van der Waals surface area contributed by atoms with Crippen LogP contribution in [-0.4, -0.2) is 22.6 Å². The molecule has 4 nitrogen and oxygen atoms in total. The largest absolute Gasteiger partial charge is 0.274 e. The molecule has 0 radical (unpaired) electrons. The van der Waals surface area contributed by atoms with E-state index in [1.165, 1.54) is 4.90 Å². The Hall–Kier alpha value is -1.40. The van der Waals surface area contributed by atoms with Crippen molar-refractivity contribution in [1.29, 1.82) is 0 Å². The number of thiazole rings is 1. The summed E-state index contributed by atoms with van der Waals surface area (Å²) >= 11 is 3.41. The van der Waals surface area contributed by atoms with Crippen molar-refractivity contribution >= 4 is 50.8 Å². The van der Waals surface area contributed by atoms with Crippen LogP contribution in [0.15, 0.2) is 22.5 Å². The number of imide groups is 1. The average Bonchev–Trinajstić information content (AvgIpc) is 3.12. The van der Waals surface area contributed by atoms with E-state index in [0.717, 1.165) is 46.0 Å². The van der Waals surface area contributed by atoms with E-state index in [4.69, 9.17) is 0 Å². The summed E-state index contributed by atoms with van der Waals surface area (Å²) in [5.41, 5.74) is 1.65. The van der Waals surface area contributed by atoms with Crippen LogP contribution in [0.3, 0.4) is 0 Å². The van der Waals surface area contributed by atoms with Crippen LogP contribution in [0.5, 0.6) is 0 Å². The summed E-state index contributed by atoms with van der Waals surface area (Å²) in [5.74, 6) is 1.45. The standard InChI is InChI=1S/C19H22N2O2S2/c1-11(2)10-24-19-20-15-8-7-12(9-16(15)25-19)21-17(22)13-5-3-4-6-14(13)18(21)23/h7-9,11,13-14H,3-6,10H2,1-2H3/t13-,14-/m0/s1. The van der Waals surface area contributed by atoms with Crippen molar-refractivity contribution in [3.05, 3.63) is 18.2 Å². The number of amides is 2. The molecule has 0 spiro atoms. The molecule has 0 bridgehead atoms. The topological polar surface area (TPSA) is 50.3 Å². The molecule has 2 heterocycles. The second-order valence-corrected chi connectivity index (χ2v) is 9.64. The molecule has 1 aliphatic carbocycles. The summed E-state index contributed by atoms with van der Waals surface area (Å²) in [4.78, 5) is 31.6. The fourth-order valence-corrected chi connectivity index (χ4v) is 5.83. The highest BCUT2D eigenvalue weighted by Gasteiger charge is 2.48. The molecule has 25 heavy (non-hydrogen) atoms. The van der Waals surface area contributed by atoms with Gasteiger partial charge in [0.25, 0.3) is 0 Å². The Morgan fingerprint density at radius 2 is 1.88 bits per heavy atom. The van der Waals surface area contributed by atoms with Crippen LogP contribution in [0, 0.1) is 17.8 Å². The molecule has 1 aromatic heterocycles. The Morgan fingerprint density at radius 3 is 2.52 bits per heavy atom. The van der Waals surface area contributed by atoms with Crippen LogP contribution in [-0.2, 0) is 9.59 Å². The van der Waals surface area contributed by atoms with Gasteiger partial charge in [-0.05, 0) is 37.0 Å². The molecule has 1 saturated heterocycles. The van der Waals surface area contributed by atoms with Gasteiger partial charge in [-0.2, -0.15) is 0 Å². The molecule has 1 aliphatic heterocycles. The van der Waals surface area contributed by atoms with Crippen molar-refractivity contribution in [2.75, 3.05) is 10.7 Å². The zero-order valence-electron chi connectivity index (χ0n) is 14.5. The number of rotatable bonds is 4. The third-order valence-corrected chi connectivity index (χ3v) is 7.58. The first-order chi connectivity index (χ1) is 12.0. The summed E-state index contributed by atoms with van der Waals surface area (Å²) in [6.07, 6.45) is 3.81. The summed E-state index contributed by atoms with van der Waals surface area (Å²) < 4.78 is 2.09. The molecule has 2 atom stereocenters. The Labute approximate surface area is 156 Å². The number of thioether (sulfide) groups is 1. The van der Waals surface area contributed by atoms with E-state index < -0.39 is 0 Å². The van der Waals surface area contributed by atoms with Crippen molar-refractivity contribution < 1.29 is 9.59 Å². The zero-order chi connectivity index (χ0) is 17.6. The number of hydrogen-bond donors (Lipinski definition) is 0. The van der Waals surface area contributed by atoms with Crippen LogP contribution < -0.4 is 4.90 Å². The second-order valence-electron chi connectivity index (χ2n) is 7.35. The molecule has 0 N–H and O–H groups in total. The average molecular weight is 375 g/mol.